The summed E-state index contributed by atoms with van der Waals surface area (Å²) in [6, 6.07) is 14.3. The van der Waals surface area contributed by atoms with Crippen LogP contribution in [0.15, 0.2) is 60.9 Å². The highest BCUT2D eigenvalue weighted by Crippen LogP contribution is 2.31. The monoisotopic (exact) mass is 971 g/mol. The molecule has 4 heterocycles. The molecule has 17 nitrogen and oxygen atoms in total. The van der Waals surface area contributed by atoms with Gasteiger partial charge in [-0.2, -0.15) is 5.26 Å². The minimum Gasteiger partial charge on any atom is -0.494 e. The molecule has 6 rings (SSSR count). The molecule has 70 heavy (non-hydrogen) atoms. The molecule has 0 radical (unpaired) electrons. The summed E-state index contributed by atoms with van der Waals surface area (Å²) in [5, 5.41) is 21.4. The molecule has 6 amide bonds. The van der Waals surface area contributed by atoms with Gasteiger partial charge in [-0.05, 0) is 93.5 Å². The molecule has 4 aromatic rings. The van der Waals surface area contributed by atoms with Crippen molar-refractivity contribution in [2.45, 2.75) is 89.8 Å². The van der Waals surface area contributed by atoms with Gasteiger partial charge in [0.2, 0.25) is 23.6 Å². The Morgan fingerprint density at radius 1 is 0.771 bits per heavy atom. The molecule has 0 bridgehead atoms. The number of carbonyl (C=O) groups excluding carboxylic acids is 6. The number of carbonyl (C=O) groups is 6. The fourth-order valence-electron chi connectivity index (χ4n) is 8.46. The number of nitrogens with zero attached hydrogens (tertiary/aromatic N) is 5. The van der Waals surface area contributed by atoms with Crippen LogP contribution in [0.1, 0.15) is 92.9 Å². The Balaban J connectivity index is 0.846. The zero-order valence-electron chi connectivity index (χ0n) is 39.7. The lowest BCUT2D eigenvalue weighted by Crippen LogP contribution is -2.43. The first-order valence-electron chi connectivity index (χ1n) is 23.6. The first-order valence-corrected chi connectivity index (χ1v) is 23.6. The quantitative estimate of drug-likeness (QED) is 0.0701. The predicted octanol–water partition coefficient (Wildman–Crippen LogP) is 5.27. The van der Waals surface area contributed by atoms with Crippen molar-refractivity contribution >= 4 is 57.2 Å². The molecule has 2 aromatic carbocycles. The van der Waals surface area contributed by atoms with E-state index in [0.29, 0.717) is 91.7 Å². The lowest BCUT2D eigenvalue weighted by Gasteiger charge is -2.20. The average Bonchev–Trinajstić information content (AvgIpc) is 3.87. The molecule has 2 fully saturated rings. The number of ether oxygens (including phenoxy) is 2. The normalized spacial score (nSPS) is 17.8. The van der Waals surface area contributed by atoms with Gasteiger partial charge in [-0.25, -0.2) is 13.2 Å². The molecular formula is C50H60F3N9O8. The second kappa shape index (κ2) is 24.0. The van der Waals surface area contributed by atoms with Crippen LogP contribution in [0.5, 0.6) is 11.5 Å². The number of likely N-dealkylation sites (tertiary alicyclic amines) is 2. The molecule has 2 aromatic heterocycles. The number of rotatable bonds is 23. The van der Waals surface area contributed by atoms with Crippen LogP contribution in [0.2, 0.25) is 0 Å². The van der Waals surface area contributed by atoms with Crippen LogP contribution in [0.25, 0.3) is 21.8 Å². The van der Waals surface area contributed by atoms with Crippen LogP contribution in [-0.2, 0) is 19.2 Å². The van der Waals surface area contributed by atoms with Crippen molar-refractivity contribution in [3.8, 4) is 17.6 Å². The van der Waals surface area contributed by atoms with Crippen molar-refractivity contribution < 1.29 is 51.4 Å². The lowest BCUT2D eigenvalue weighted by atomic mass is 9.90. The van der Waals surface area contributed by atoms with Crippen molar-refractivity contribution in [1.82, 2.24) is 41.0 Å². The van der Waals surface area contributed by atoms with Gasteiger partial charge in [-0.3, -0.25) is 38.7 Å². The summed E-state index contributed by atoms with van der Waals surface area (Å²) >= 11 is 0. The van der Waals surface area contributed by atoms with Gasteiger partial charge in [0.1, 0.15) is 23.2 Å². The van der Waals surface area contributed by atoms with Gasteiger partial charge in [0.15, 0.2) is 0 Å². The Kier molecular flexibility index (Phi) is 17.9. The number of aromatic nitrogens is 2. The molecule has 4 N–H and O–H groups in total. The summed E-state index contributed by atoms with van der Waals surface area (Å²) in [4.78, 5) is 88.0. The van der Waals surface area contributed by atoms with Crippen LogP contribution in [0.4, 0.5) is 13.2 Å². The van der Waals surface area contributed by atoms with Crippen molar-refractivity contribution in [3.63, 3.8) is 0 Å². The van der Waals surface area contributed by atoms with Crippen molar-refractivity contribution in [1.29, 1.82) is 5.26 Å². The van der Waals surface area contributed by atoms with E-state index in [1.165, 1.54) is 31.5 Å². The van der Waals surface area contributed by atoms with Crippen LogP contribution in [0, 0.1) is 23.2 Å². The van der Waals surface area contributed by atoms with E-state index in [1.807, 2.05) is 19.9 Å². The summed E-state index contributed by atoms with van der Waals surface area (Å²) in [7, 11) is 0. The first kappa shape index (κ1) is 52.3. The van der Waals surface area contributed by atoms with E-state index < -0.39 is 67.3 Å². The van der Waals surface area contributed by atoms with Crippen LogP contribution >= 0.6 is 0 Å². The van der Waals surface area contributed by atoms with E-state index in [-0.39, 0.29) is 60.7 Å². The Hall–Kier alpha value is -7.04. The van der Waals surface area contributed by atoms with Crippen molar-refractivity contribution in [2.75, 3.05) is 59.0 Å². The van der Waals surface area contributed by atoms with Crippen molar-refractivity contribution in [2.24, 2.45) is 11.8 Å². The number of pyridine rings is 2. The molecule has 374 valence electrons. The molecular weight excluding hydrogens is 912 g/mol. The molecule has 0 spiro atoms. The van der Waals surface area contributed by atoms with Crippen LogP contribution < -0.4 is 30.7 Å². The summed E-state index contributed by atoms with van der Waals surface area (Å²) in [6.45, 7) is 5.00. The highest BCUT2D eigenvalue weighted by Gasteiger charge is 2.43. The molecule has 0 aliphatic carbocycles. The van der Waals surface area contributed by atoms with E-state index in [4.69, 9.17) is 9.47 Å². The minimum absolute atomic E-state index is 0.00974. The molecule has 2 aliphatic heterocycles. The number of halogens is 3. The maximum atomic E-state index is 14.5. The third-order valence-corrected chi connectivity index (χ3v) is 12.3. The topological polar surface area (TPSA) is 225 Å². The van der Waals surface area contributed by atoms with Crippen LogP contribution in [-0.4, -0.2) is 132 Å². The highest BCUT2D eigenvalue weighted by atomic mass is 19.3. The van der Waals surface area contributed by atoms with Gasteiger partial charge in [0, 0.05) is 68.0 Å². The molecule has 20 heteroatoms. The second-order valence-electron chi connectivity index (χ2n) is 18.3. The van der Waals surface area contributed by atoms with Gasteiger partial charge in [-0.15, -0.1) is 0 Å². The minimum atomic E-state index is -2.92. The number of fused-ring (bicyclic) bond motifs is 2. The standard InChI is InChI=1S/C50H60F3N9O8/c1-32(2)36(10-13-43(63)57-17-4-6-22-69-34-8-11-41-39(24-34)37(14-19-55-41)47(67)59-28-44(64)61-21-16-50(52,53)31-61)46(66)58-18-5-7-23-70-35-9-12-42-40(25-35)38(15-20-56-42)48(68)60-29-45(65)62-30-49(3,51)26-33(62)27-54/h8-9,11-12,14-15,19-20,24-25,32-33,36H,4-7,10,13,16-18,21-23,26,28-31H2,1-3H3,(H,57,63)(H,58,66)(H,59,67)(H,60,68). The number of hydrogen-bond donors (Lipinski definition) is 4. The van der Waals surface area contributed by atoms with E-state index in [9.17, 15) is 47.2 Å². The first-order chi connectivity index (χ1) is 33.4. The summed E-state index contributed by atoms with van der Waals surface area (Å²) in [5.41, 5.74) is -0.0669. The van der Waals surface area contributed by atoms with Gasteiger partial charge < -0.3 is 40.5 Å². The van der Waals surface area contributed by atoms with E-state index >= 15 is 0 Å². The Morgan fingerprint density at radius 2 is 1.33 bits per heavy atom. The van der Waals surface area contributed by atoms with Crippen molar-refractivity contribution in [3.05, 3.63) is 72.1 Å². The third kappa shape index (κ3) is 14.5. The summed E-state index contributed by atoms with van der Waals surface area (Å²) in [5.74, 6) is -4.75. The zero-order chi connectivity index (χ0) is 50.4. The average molecular weight is 972 g/mol. The number of nitrogens with one attached hydrogen (secondary N) is 4. The van der Waals surface area contributed by atoms with Gasteiger partial charge >= 0.3 is 0 Å². The smallest absolute Gasteiger partial charge is 0.267 e. The number of unbranched alkanes of at least 4 members (excludes halogenated alkanes) is 2. The van der Waals surface area contributed by atoms with E-state index in [2.05, 4.69) is 31.2 Å². The molecule has 3 unspecified atom stereocenters. The van der Waals surface area contributed by atoms with Gasteiger partial charge in [-0.1, -0.05) is 13.8 Å². The zero-order valence-corrected chi connectivity index (χ0v) is 39.7. The second-order valence-corrected chi connectivity index (χ2v) is 18.3. The molecule has 3 atom stereocenters. The fourth-order valence-corrected chi connectivity index (χ4v) is 8.46. The van der Waals surface area contributed by atoms with Gasteiger partial charge in [0.25, 0.3) is 17.7 Å². The number of nitriles is 1. The lowest BCUT2D eigenvalue weighted by molar-refractivity contribution is -0.131. The third-order valence-electron chi connectivity index (χ3n) is 12.3. The Labute approximate surface area is 404 Å². The van der Waals surface area contributed by atoms with Crippen LogP contribution in [0.3, 0.4) is 0 Å². The van der Waals surface area contributed by atoms with Gasteiger partial charge in [0.05, 0.1) is 67.6 Å². The fraction of sp³-hybridized carbons (Fsp3) is 0.500. The molecule has 0 saturated carbocycles. The number of hydrogen-bond acceptors (Lipinski definition) is 11. The number of alkyl halides is 3. The largest absolute Gasteiger partial charge is 0.494 e. The highest BCUT2D eigenvalue weighted by molar-refractivity contribution is 6.08. The van der Waals surface area contributed by atoms with E-state index in [1.54, 1.807) is 36.4 Å². The molecule has 2 aliphatic rings. The van der Waals surface area contributed by atoms with E-state index in [0.717, 1.165) is 9.80 Å². The summed E-state index contributed by atoms with van der Waals surface area (Å²) < 4.78 is 53.4. The molecule has 2 saturated heterocycles. The Bertz CT molecular complexity index is 2590. The predicted molar refractivity (Wildman–Crippen MR) is 253 cm³/mol. The number of amides is 6. The SMILES string of the molecule is CC(C)C(CCC(=O)NCCCCOc1ccc2nccc(C(=O)NCC(=O)N3CCC(F)(F)C3)c2c1)C(=O)NCCCCOc1ccc2nccc(C(=O)NCC(=O)N3CC(C)(F)CC3C#N)c2c1. The number of benzene rings is 2. The maximum Gasteiger partial charge on any atom is 0.267 e. The maximum absolute atomic E-state index is 14.5. The summed E-state index contributed by atoms with van der Waals surface area (Å²) in [6.07, 6.45) is 5.56. The Morgan fingerprint density at radius 3 is 1.86 bits per heavy atom.